The molecule has 0 radical (unpaired) electrons. The molecular weight excluding hydrogens is 250 g/mol. The quantitative estimate of drug-likeness (QED) is 0.879. The molecule has 108 valence electrons. The van der Waals surface area contributed by atoms with E-state index in [1.165, 1.54) is 11.1 Å². The van der Waals surface area contributed by atoms with Gasteiger partial charge in [-0.05, 0) is 39.4 Å². The minimum Gasteiger partial charge on any atom is -0.491 e. The predicted octanol–water partition coefficient (Wildman–Crippen LogP) is 2.86. The number of ether oxygens (including phenoxy) is 1. The van der Waals surface area contributed by atoms with E-state index in [-0.39, 0.29) is 6.04 Å². The van der Waals surface area contributed by atoms with Crippen LogP contribution in [0.2, 0.25) is 0 Å². The van der Waals surface area contributed by atoms with Crippen molar-refractivity contribution in [2.24, 2.45) is 0 Å². The molecule has 4 nitrogen and oxygen atoms in total. The van der Waals surface area contributed by atoms with Crippen molar-refractivity contribution in [1.82, 2.24) is 14.9 Å². The van der Waals surface area contributed by atoms with Gasteiger partial charge in [0.2, 0.25) is 0 Å². The van der Waals surface area contributed by atoms with Crippen molar-refractivity contribution in [1.29, 1.82) is 0 Å². The molecule has 1 unspecified atom stereocenters. The number of aromatic nitrogens is 2. The lowest BCUT2D eigenvalue weighted by atomic mass is 10.1. The molecule has 4 heteroatoms. The van der Waals surface area contributed by atoms with Crippen LogP contribution in [-0.2, 0) is 6.54 Å². The molecule has 0 saturated carbocycles. The topological polar surface area (TPSA) is 39.1 Å². The Hall–Kier alpha value is -1.81. The molecule has 1 heterocycles. The second kappa shape index (κ2) is 6.57. The lowest BCUT2D eigenvalue weighted by Crippen LogP contribution is -2.15. The van der Waals surface area contributed by atoms with Crippen LogP contribution in [0.4, 0.5) is 0 Å². The molecule has 20 heavy (non-hydrogen) atoms. The van der Waals surface area contributed by atoms with Gasteiger partial charge in [0.1, 0.15) is 18.2 Å². The van der Waals surface area contributed by atoms with Gasteiger partial charge in [0.05, 0.1) is 6.54 Å². The number of aryl methyl sites for hydroxylation is 2. The number of nitrogens with zero attached hydrogens (tertiary/aromatic N) is 2. The van der Waals surface area contributed by atoms with Crippen LogP contribution in [0.15, 0.2) is 30.6 Å². The van der Waals surface area contributed by atoms with E-state index >= 15 is 0 Å². The number of imidazole rings is 1. The van der Waals surface area contributed by atoms with E-state index in [1.807, 2.05) is 26.4 Å². The van der Waals surface area contributed by atoms with E-state index in [0.29, 0.717) is 6.61 Å². The first-order valence-corrected chi connectivity index (χ1v) is 7.00. The molecule has 0 aliphatic heterocycles. The molecule has 0 spiro atoms. The van der Waals surface area contributed by atoms with Crippen LogP contribution in [0.3, 0.4) is 0 Å². The second-order valence-electron chi connectivity index (χ2n) is 5.07. The molecule has 1 atom stereocenters. The zero-order valence-electron chi connectivity index (χ0n) is 12.7. The Balaban J connectivity index is 2.04. The van der Waals surface area contributed by atoms with Crippen LogP contribution in [0.5, 0.6) is 5.75 Å². The van der Waals surface area contributed by atoms with Crippen molar-refractivity contribution < 1.29 is 4.74 Å². The summed E-state index contributed by atoms with van der Waals surface area (Å²) >= 11 is 0. The van der Waals surface area contributed by atoms with E-state index < -0.39 is 0 Å². The van der Waals surface area contributed by atoms with Crippen LogP contribution < -0.4 is 10.1 Å². The van der Waals surface area contributed by atoms with Gasteiger partial charge in [-0.3, -0.25) is 0 Å². The minimum absolute atomic E-state index is 0.278. The summed E-state index contributed by atoms with van der Waals surface area (Å²) in [7, 11) is 1.96. The molecule has 0 amide bonds. The average molecular weight is 273 g/mol. The monoisotopic (exact) mass is 273 g/mol. The van der Waals surface area contributed by atoms with E-state index in [2.05, 4.69) is 46.9 Å². The summed E-state index contributed by atoms with van der Waals surface area (Å²) in [6.45, 7) is 7.68. The van der Waals surface area contributed by atoms with Crippen molar-refractivity contribution in [2.75, 3.05) is 13.7 Å². The summed E-state index contributed by atoms with van der Waals surface area (Å²) in [5.41, 5.74) is 2.41. The van der Waals surface area contributed by atoms with E-state index in [4.69, 9.17) is 4.74 Å². The Labute approximate surface area is 120 Å². The predicted molar refractivity (Wildman–Crippen MR) is 81.1 cm³/mol. The largest absolute Gasteiger partial charge is 0.491 e. The molecule has 0 aliphatic carbocycles. The summed E-state index contributed by atoms with van der Waals surface area (Å²) in [6, 6.07) is 6.63. The molecular formula is C16H23N3O. The van der Waals surface area contributed by atoms with Crippen molar-refractivity contribution in [3.8, 4) is 5.75 Å². The van der Waals surface area contributed by atoms with Crippen molar-refractivity contribution in [2.45, 2.75) is 33.4 Å². The molecule has 2 aromatic rings. The van der Waals surface area contributed by atoms with Gasteiger partial charge in [-0.25, -0.2) is 4.98 Å². The van der Waals surface area contributed by atoms with Crippen molar-refractivity contribution in [3.63, 3.8) is 0 Å². The summed E-state index contributed by atoms with van der Waals surface area (Å²) < 4.78 is 8.07. The molecule has 0 aliphatic rings. The normalized spacial score (nSPS) is 12.4. The standard InChI is InChI=1S/C16H23N3O/c1-12-5-6-15(13(2)17-4)16(11-12)20-10-9-19-8-7-18-14(19)3/h5-8,11,13,17H,9-10H2,1-4H3. The Bertz CT molecular complexity index is 563. The molecule has 0 bridgehead atoms. The molecule has 1 N–H and O–H groups in total. The van der Waals surface area contributed by atoms with Crippen LogP contribution in [0.25, 0.3) is 0 Å². The summed E-state index contributed by atoms with van der Waals surface area (Å²) in [6.07, 6.45) is 3.79. The lowest BCUT2D eigenvalue weighted by molar-refractivity contribution is 0.292. The fourth-order valence-corrected chi connectivity index (χ4v) is 2.17. The Morgan fingerprint density at radius 3 is 2.80 bits per heavy atom. The van der Waals surface area contributed by atoms with Gasteiger partial charge in [-0.15, -0.1) is 0 Å². The third kappa shape index (κ3) is 3.39. The van der Waals surface area contributed by atoms with E-state index in [1.54, 1.807) is 0 Å². The molecule has 0 saturated heterocycles. The van der Waals surface area contributed by atoms with E-state index in [0.717, 1.165) is 18.1 Å². The number of benzene rings is 1. The molecule has 1 aromatic heterocycles. The zero-order chi connectivity index (χ0) is 14.5. The average Bonchev–Trinajstić information content (AvgIpc) is 2.84. The highest BCUT2D eigenvalue weighted by molar-refractivity contribution is 5.39. The van der Waals surface area contributed by atoms with Crippen LogP contribution >= 0.6 is 0 Å². The summed E-state index contributed by atoms with van der Waals surface area (Å²) in [5.74, 6) is 1.98. The van der Waals surface area contributed by atoms with Crippen molar-refractivity contribution >= 4 is 0 Å². The molecule has 0 fully saturated rings. The third-order valence-electron chi connectivity index (χ3n) is 3.58. The number of nitrogens with one attached hydrogen (secondary N) is 1. The van der Waals surface area contributed by atoms with Crippen molar-refractivity contribution in [3.05, 3.63) is 47.5 Å². The summed E-state index contributed by atoms with van der Waals surface area (Å²) in [5, 5.41) is 3.26. The number of hydrogen-bond acceptors (Lipinski definition) is 3. The molecule has 1 aromatic carbocycles. The number of hydrogen-bond donors (Lipinski definition) is 1. The minimum atomic E-state index is 0.278. The van der Waals surface area contributed by atoms with Gasteiger partial charge >= 0.3 is 0 Å². The van der Waals surface area contributed by atoms with Gasteiger partial charge in [-0.2, -0.15) is 0 Å². The van der Waals surface area contributed by atoms with Crippen LogP contribution in [0.1, 0.15) is 29.9 Å². The van der Waals surface area contributed by atoms with Gasteiger partial charge in [0.25, 0.3) is 0 Å². The highest BCUT2D eigenvalue weighted by Crippen LogP contribution is 2.26. The van der Waals surface area contributed by atoms with E-state index in [9.17, 15) is 0 Å². The third-order valence-corrected chi connectivity index (χ3v) is 3.58. The summed E-state index contributed by atoms with van der Waals surface area (Å²) in [4.78, 5) is 4.21. The van der Waals surface area contributed by atoms with Gasteiger partial charge in [0.15, 0.2) is 0 Å². The fraction of sp³-hybridized carbons (Fsp3) is 0.438. The maximum absolute atomic E-state index is 5.98. The molecule has 2 rings (SSSR count). The first-order chi connectivity index (χ1) is 9.61. The smallest absolute Gasteiger partial charge is 0.124 e. The highest BCUT2D eigenvalue weighted by atomic mass is 16.5. The van der Waals surface area contributed by atoms with Gasteiger partial charge < -0.3 is 14.6 Å². The first kappa shape index (κ1) is 14.6. The van der Waals surface area contributed by atoms with Gasteiger partial charge in [-0.1, -0.05) is 12.1 Å². The second-order valence-corrected chi connectivity index (χ2v) is 5.07. The Morgan fingerprint density at radius 1 is 1.35 bits per heavy atom. The Morgan fingerprint density at radius 2 is 2.15 bits per heavy atom. The van der Waals surface area contributed by atoms with Crippen LogP contribution in [-0.4, -0.2) is 23.2 Å². The first-order valence-electron chi connectivity index (χ1n) is 7.00. The van der Waals surface area contributed by atoms with Gasteiger partial charge in [0, 0.05) is 24.0 Å². The fourth-order valence-electron chi connectivity index (χ4n) is 2.17. The Kier molecular flexibility index (Phi) is 4.79. The highest BCUT2D eigenvalue weighted by Gasteiger charge is 2.10. The SMILES string of the molecule is CNC(C)c1ccc(C)cc1OCCn1ccnc1C. The maximum Gasteiger partial charge on any atom is 0.124 e. The number of rotatable bonds is 6. The zero-order valence-corrected chi connectivity index (χ0v) is 12.7. The maximum atomic E-state index is 5.98. The lowest BCUT2D eigenvalue weighted by Gasteiger charge is -2.17. The van der Waals surface area contributed by atoms with Crippen LogP contribution in [0, 0.1) is 13.8 Å².